The summed E-state index contributed by atoms with van der Waals surface area (Å²) in [5.74, 6) is 0.406. The van der Waals surface area contributed by atoms with Crippen LogP contribution in [0.5, 0.6) is 0 Å². The Kier molecular flexibility index (Phi) is 6.87. The molecule has 0 aliphatic carbocycles. The molecule has 1 amide bonds. The summed E-state index contributed by atoms with van der Waals surface area (Å²) in [7, 11) is 0. The summed E-state index contributed by atoms with van der Waals surface area (Å²) >= 11 is 3.56. The number of halogens is 1. The van der Waals surface area contributed by atoms with Gasteiger partial charge in [0.1, 0.15) is 0 Å². The van der Waals surface area contributed by atoms with Gasteiger partial charge in [-0.15, -0.1) is 0 Å². The molecule has 0 bridgehead atoms. The molecule has 2 fully saturated rings. The maximum absolute atomic E-state index is 12.8. The molecule has 0 radical (unpaired) electrons. The highest BCUT2D eigenvalue weighted by Gasteiger charge is 2.31. The summed E-state index contributed by atoms with van der Waals surface area (Å²) in [6.07, 6.45) is 1.05. The molecular formula is C22H29BrN4O3. The van der Waals surface area contributed by atoms with Crippen LogP contribution in [0, 0.1) is 19.8 Å². The third-order valence-electron chi connectivity index (χ3n) is 6.07. The van der Waals surface area contributed by atoms with Crippen molar-refractivity contribution in [2.45, 2.75) is 26.3 Å². The second-order valence-electron chi connectivity index (χ2n) is 7.99. The topological polar surface area (TPSA) is 68.6 Å². The van der Waals surface area contributed by atoms with Crippen molar-refractivity contribution in [2.75, 3.05) is 46.1 Å². The van der Waals surface area contributed by atoms with Gasteiger partial charge < -0.3 is 14.8 Å². The van der Waals surface area contributed by atoms with Crippen LogP contribution >= 0.6 is 15.9 Å². The number of carbonyl (C=O) groups excluding carboxylic acids is 1. The first-order valence-corrected chi connectivity index (χ1v) is 11.3. The second kappa shape index (κ2) is 9.60. The van der Waals surface area contributed by atoms with Crippen molar-refractivity contribution in [3.63, 3.8) is 0 Å². The van der Waals surface area contributed by atoms with E-state index < -0.39 is 0 Å². The summed E-state index contributed by atoms with van der Waals surface area (Å²) in [5, 5.41) is 7.70. The Morgan fingerprint density at radius 1 is 1.20 bits per heavy atom. The van der Waals surface area contributed by atoms with Gasteiger partial charge in [-0.3, -0.25) is 9.69 Å². The maximum atomic E-state index is 12.8. The Bertz CT molecular complexity index is 871. The van der Waals surface area contributed by atoms with E-state index in [9.17, 15) is 4.79 Å². The number of nitrogens with one attached hydrogen (secondary N) is 1. The lowest BCUT2D eigenvalue weighted by atomic mass is 9.96. The molecule has 7 nitrogen and oxygen atoms in total. The zero-order valence-electron chi connectivity index (χ0n) is 17.6. The average molecular weight is 477 g/mol. The zero-order valence-corrected chi connectivity index (χ0v) is 19.2. The van der Waals surface area contributed by atoms with Gasteiger partial charge in [0.05, 0.1) is 41.4 Å². The second-order valence-corrected chi connectivity index (χ2v) is 8.79. The lowest BCUT2D eigenvalue weighted by molar-refractivity contribution is 0.00166. The number of hydrogen-bond acceptors (Lipinski definition) is 5. The fraction of sp³-hybridized carbons (Fsp3) is 0.545. The molecule has 2 aliphatic heterocycles. The highest BCUT2D eigenvalue weighted by molar-refractivity contribution is 9.10. The van der Waals surface area contributed by atoms with Crippen LogP contribution in [0.25, 0.3) is 5.69 Å². The van der Waals surface area contributed by atoms with E-state index in [1.54, 1.807) is 0 Å². The number of rotatable bonds is 6. The van der Waals surface area contributed by atoms with Crippen LogP contribution in [-0.4, -0.2) is 72.7 Å². The van der Waals surface area contributed by atoms with Crippen LogP contribution in [0.2, 0.25) is 0 Å². The molecule has 2 saturated heterocycles. The summed E-state index contributed by atoms with van der Waals surface area (Å²) in [6, 6.07) is 7.87. The van der Waals surface area contributed by atoms with E-state index in [1.165, 1.54) is 0 Å². The minimum Gasteiger partial charge on any atom is -0.381 e. The van der Waals surface area contributed by atoms with Crippen LogP contribution in [-0.2, 0) is 9.47 Å². The number of morpholine rings is 1. The Morgan fingerprint density at radius 2 is 1.93 bits per heavy atom. The van der Waals surface area contributed by atoms with Gasteiger partial charge >= 0.3 is 0 Å². The molecule has 3 heterocycles. The van der Waals surface area contributed by atoms with Gasteiger partial charge in [-0.2, -0.15) is 5.10 Å². The van der Waals surface area contributed by atoms with Gasteiger partial charge in [0, 0.05) is 43.8 Å². The molecule has 1 aromatic heterocycles. The number of carbonyl (C=O) groups is 1. The van der Waals surface area contributed by atoms with Crippen molar-refractivity contribution in [3.05, 3.63) is 45.7 Å². The van der Waals surface area contributed by atoms with Crippen LogP contribution in [0.15, 0.2) is 28.7 Å². The van der Waals surface area contributed by atoms with Crippen molar-refractivity contribution in [2.24, 2.45) is 5.92 Å². The first kappa shape index (κ1) is 21.5. The van der Waals surface area contributed by atoms with Gasteiger partial charge in [0.25, 0.3) is 5.91 Å². The molecule has 2 unspecified atom stereocenters. The highest BCUT2D eigenvalue weighted by atomic mass is 79.9. The standard InChI is InChI=1S/C22H29BrN4O3/c1-15-21(23)16(2)27(25-15)19-5-3-17(4-6-19)22(28)24-13-20(18-7-10-30-14-18)26-8-11-29-12-9-26/h3-6,18,20H,7-14H2,1-2H3,(H,24,28). The Hall–Kier alpha value is -1.74. The molecule has 1 N–H and O–H groups in total. The van der Waals surface area contributed by atoms with Crippen LogP contribution < -0.4 is 5.32 Å². The highest BCUT2D eigenvalue weighted by Crippen LogP contribution is 2.24. The largest absolute Gasteiger partial charge is 0.381 e. The van der Waals surface area contributed by atoms with Gasteiger partial charge in [0.15, 0.2) is 0 Å². The zero-order chi connectivity index (χ0) is 21.1. The quantitative estimate of drug-likeness (QED) is 0.693. The van der Waals surface area contributed by atoms with E-state index in [1.807, 2.05) is 42.8 Å². The fourth-order valence-corrected chi connectivity index (χ4v) is 4.53. The SMILES string of the molecule is Cc1nn(-c2ccc(C(=O)NCC(C3CCOC3)N3CCOCC3)cc2)c(C)c1Br. The molecule has 8 heteroatoms. The molecular weight excluding hydrogens is 448 g/mol. The van der Waals surface area contributed by atoms with Gasteiger partial charge in [-0.25, -0.2) is 4.68 Å². The molecule has 0 saturated carbocycles. The number of amides is 1. The first-order chi connectivity index (χ1) is 14.5. The van der Waals surface area contributed by atoms with Crippen molar-refractivity contribution in [1.82, 2.24) is 20.0 Å². The minimum absolute atomic E-state index is 0.0479. The van der Waals surface area contributed by atoms with Crippen LogP contribution in [0.4, 0.5) is 0 Å². The fourth-order valence-electron chi connectivity index (χ4n) is 4.29. The van der Waals surface area contributed by atoms with Crippen LogP contribution in [0.1, 0.15) is 28.2 Å². The summed E-state index contributed by atoms with van der Waals surface area (Å²) in [4.78, 5) is 15.2. The van der Waals surface area contributed by atoms with Crippen molar-refractivity contribution in [1.29, 1.82) is 0 Å². The molecule has 162 valence electrons. The number of aryl methyl sites for hydroxylation is 1. The normalized spacial score (nSPS) is 21.0. The van der Waals surface area contributed by atoms with E-state index in [2.05, 4.69) is 31.2 Å². The molecule has 2 aliphatic rings. The number of ether oxygens (including phenoxy) is 2. The number of aromatic nitrogens is 2. The Labute approximate surface area is 185 Å². The number of hydrogen-bond donors (Lipinski definition) is 1. The summed E-state index contributed by atoms with van der Waals surface area (Å²) in [5.41, 5.74) is 3.58. The van der Waals surface area contributed by atoms with Crippen molar-refractivity contribution < 1.29 is 14.3 Å². The Morgan fingerprint density at radius 3 is 2.53 bits per heavy atom. The lowest BCUT2D eigenvalue weighted by Crippen LogP contribution is -2.52. The van der Waals surface area contributed by atoms with Crippen LogP contribution in [0.3, 0.4) is 0 Å². The van der Waals surface area contributed by atoms with E-state index in [4.69, 9.17) is 9.47 Å². The molecule has 30 heavy (non-hydrogen) atoms. The monoisotopic (exact) mass is 476 g/mol. The van der Waals surface area contributed by atoms with E-state index >= 15 is 0 Å². The smallest absolute Gasteiger partial charge is 0.251 e. The van der Waals surface area contributed by atoms with E-state index in [-0.39, 0.29) is 11.9 Å². The van der Waals surface area contributed by atoms with E-state index in [0.717, 1.165) is 67.5 Å². The molecule has 1 aromatic carbocycles. The molecule has 2 atom stereocenters. The predicted molar refractivity (Wildman–Crippen MR) is 118 cm³/mol. The maximum Gasteiger partial charge on any atom is 0.251 e. The lowest BCUT2D eigenvalue weighted by Gasteiger charge is -2.37. The van der Waals surface area contributed by atoms with Gasteiger partial charge in [-0.05, 0) is 60.5 Å². The van der Waals surface area contributed by atoms with Gasteiger partial charge in [0.2, 0.25) is 0 Å². The molecule has 4 rings (SSSR count). The number of nitrogens with zero attached hydrogens (tertiary/aromatic N) is 3. The third kappa shape index (κ3) is 4.61. The Balaban J connectivity index is 1.41. The average Bonchev–Trinajstić information content (AvgIpc) is 3.39. The first-order valence-electron chi connectivity index (χ1n) is 10.5. The van der Waals surface area contributed by atoms with Gasteiger partial charge in [-0.1, -0.05) is 0 Å². The summed E-state index contributed by atoms with van der Waals surface area (Å²) in [6.45, 7) is 9.50. The minimum atomic E-state index is -0.0479. The van der Waals surface area contributed by atoms with Crippen molar-refractivity contribution >= 4 is 21.8 Å². The third-order valence-corrected chi connectivity index (χ3v) is 7.22. The predicted octanol–water partition coefficient (Wildman–Crippen LogP) is 2.72. The molecule has 2 aromatic rings. The molecule has 0 spiro atoms. The van der Waals surface area contributed by atoms with Crippen molar-refractivity contribution in [3.8, 4) is 5.69 Å². The summed E-state index contributed by atoms with van der Waals surface area (Å²) < 4.78 is 14.0. The van der Waals surface area contributed by atoms with E-state index in [0.29, 0.717) is 18.0 Å². The number of benzene rings is 1.